The van der Waals surface area contributed by atoms with Crippen LogP contribution in [0.15, 0.2) is 47.6 Å². The fraction of sp³-hybridized carbons (Fsp3) is 0.320. The highest BCUT2D eigenvalue weighted by molar-refractivity contribution is 6.35. The fourth-order valence-corrected chi connectivity index (χ4v) is 5.49. The summed E-state index contributed by atoms with van der Waals surface area (Å²) in [5, 5.41) is 6.26. The predicted octanol–water partition coefficient (Wildman–Crippen LogP) is 4.73. The Hall–Kier alpha value is -3.03. The number of halogens is 2. The molecule has 1 saturated carbocycles. The minimum absolute atomic E-state index is 0.136. The maximum atomic E-state index is 12.8. The number of methoxy groups -OCH3 is 2. The Kier molecular flexibility index (Phi) is 6.00. The van der Waals surface area contributed by atoms with Gasteiger partial charge in [0.1, 0.15) is 6.61 Å². The number of imide groups is 1. The van der Waals surface area contributed by atoms with E-state index in [1.807, 2.05) is 0 Å². The minimum atomic E-state index is -0.292. The minimum Gasteiger partial charge on any atom is -0.493 e. The highest BCUT2D eigenvalue weighted by Gasteiger charge is 2.59. The lowest BCUT2D eigenvalue weighted by atomic mass is 9.85. The molecule has 176 valence electrons. The molecule has 4 atom stereocenters. The van der Waals surface area contributed by atoms with Crippen LogP contribution in [0, 0.1) is 23.7 Å². The average Bonchev–Trinajstić information content (AvgIpc) is 3.51. The van der Waals surface area contributed by atoms with Crippen LogP contribution in [0.1, 0.15) is 17.5 Å². The molecule has 3 aliphatic rings. The van der Waals surface area contributed by atoms with E-state index in [0.29, 0.717) is 32.9 Å². The van der Waals surface area contributed by atoms with E-state index in [-0.39, 0.29) is 42.1 Å². The molecule has 1 heterocycles. The maximum Gasteiger partial charge on any atom is 0.254 e. The molecular weight excluding hydrogens is 479 g/mol. The molecule has 1 saturated heterocycles. The van der Waals surface area contributed by atoms with Gasteiger partial charge in [0.2, 0.25) is 5.75 Å². The highest BCUT2D eigenvalue weighted by atomic mass is 35.5. The number of amides is 2. The molecule has 0 radical (unpaired) electrons. The van der Waals surface area contributed by atoms with Crippen molar-refractivity contribution in [3.05, 3.63) is 63.7 Å². The van der Waals surface area contributed by atoms with Gasteiger partial charge in [-0.2, -0.15) is 10.1 Å². The van der Waals surface area contributed by atoms with Gasteiger partial charge in [-0.15, -0.1) is 0 Å². The zero-order valence-electron chi connectivity index (χ0n) is 18.5. The van der Waals surface area contributed by atoms with Crippen molar-refractivity contribution < 1.29 is 23.8 Å². The molecule has 7 nitrogen and oxygen atoms in total. The number of benzene rings is 2. The lowest BCUT2D eigenvalue weighted by Gasteiger charge is -2.16. The monoisotopic (exact) mass is 500 g/mol. The fourth-order valence-electron chi connectivity index (χ4n) is 5.03. The molecule has 2 fully saturated rings. The Morgan fingerprint density at radius 2 is 1.62 bits per heavy atom. The number of carbonyl (C=O) groups is 2. The number of carbonyl (C=O) groups excluding carboxylic acids is 2. The van der Waals surface area contributed by atoms with Crippen LogP contribution in [0.2, 0.25) is 10.0 Å². The van der Waals surface area contributed by atoms with Gasteiger partial charge in [0.05, 0.1) is 32.3 Å². The Labute approximate surface area is 206 Å². The molecule has 2 aromatic rings. The summed E-state index contributed by atoms with van der Waals surface area (Å²) in [4.78, 5) is 25.7. The van der Waals surface area contributed by atoms with Gasteiger partial charge in [0.15, 0.2) is 11.5 Å². The van der Waals surface area contributed by atoms with Crippen molar-refractivity contribution in [1.82, 2.24) is 5.01 Å². The smallest absolute Gasteiger partial charge is 0.254 e. The molecule has 5 rings (SSSR count). The standard InChI is InChI=1S/C25H22Cl2N2O5/c1-32-19-7-13(8-20(33-2)23(19)34-12-16-5-6-17(26)10-18(16)27)11-28-29-24(30)21-14-3-4-15(9-14)22(21)25(29)31/h3-8,10-11,14-15,21-22H,9,12H2,1-2H3/t14-,15-,21-,22+/m0/s1. The van der Waals surface area contributed by atoms with Gasteiger partial charge >= 0.3 is 0 Å². The Balaban J connectivity index is 1.36. The van der Waals surface area contributed by atoms with E-state index in [0.717, 1.165) is 17.0 Å². The summed E-state index contributed by atoms with van der Waals surface area (Å²) in [5.74, 6) is 0.420. The predicted molar refractivity (Wildman–Crippen MR) is 128 cm³/mol. The van der Waals surface area contributed by atoms with E-state index in [1.54, 1.807) is 30.3 Å². The Bertz CT molecular complexity index is 1170. The second-order valence-electron chi connectivity index (χ2n) is 8.51. The quantitative estimate of drug-likeness (QED) is 0.312. The molecule has 9 heteroatoms. The number of fused-ring (bicyclic) bond motifs is 5. The molecule has 34 heavy (non-hydrogen) atoms. The highest BCUT2D eigenvalue weighted by Crippen LogP contribution is 2.52. The van der Waals surface area contributed by atoms with Crippen molar-refractivity contribution in [2.75, 3.05) is 14.2 Å². The summed E-state index contributed by atoms with van der Waals surface area (Å²) in [6.45, 7) is 0.173. The summed E-state index contributed by atoms with van der Waals surface area (Å²) in [6.07, 6.45) is 6.43. The number of nitrogens with zero attached hydrogens (tertiary/aromatic N) is 2. The molecule has 1 aliphatic heterocycles. The number of ether oxygens (including phenoxy) is 3. The third-order valence-corrected chi connectivity index (χ3v) is 7.23. The van der Waals surface area contributed by atoms with Gasteiger partial charge in [-0.1, -0.05) is 41.4 Å². The van der Waals surface area contributed by atoms with E-state index in [4.69, 9.17) is 37.4 Å². The zero-order chi connectivity index (χ0) is 24.0. The van der Waals surface area contributed by atoms with Crippen LogP contribution in [0.4, 0.5) is 0 Å². The van der Waals surface area contributed by atoms with Crippen LogP contribution < -0.4 is 14.2 Å². The normalized spacial score (nSPS) is 24.9. The van der Waals surface area contributed by atoms with E-state index in [2.05, 4.69) is 17.3 Å². The molecule has 2 aliphatic carbocycles. The molecule has 2 bridgehead atoms. The van der Waals surface area contributed by atoms with Crippen LogP contribution in [-0.2, 0) is 16.2 Å². The summed E-state index contributed by atoms with van der Waals surface area (Å²) >= 11 is 12.2. The molecule has 2 aromatic carbocycles. The van der Waals surface area contributed by atoms with E-state index < -0.39 is 0 Å². The average molecular weight is 501 g/mol. The van der Waals surface area contributed by atoms with Crippen molar-refractivity contribution >= 4 is 41.2 Å². The van der Waals surface area contributed by atoms with Crippen LogP contribution in [0.3, 0.4) is 0 Å². The lowest BCUT2D eigenvalue weighted by Crippen LogP contribution is -2.28. The van der Waals surface area contributed by atoms with E-state index in [9.17, 15) is 9.59 Å². The summed E-state index contributed by atoms with van der Waals surface area (Å²) < 4.78 is 17.0. The topological polar surface area (TPSA) is 77.4 Å². The van der Waals surface area contributed by atoms with Crippen LogP contribution >= 0.6 is 23.2 Å². The third kappa shape index (κ3) is 3.83. The van der Waals surface area contributed by atoms with Gasteiger partial charge in [-0.3, -0.25) is 9.59 Å². The van der Waals surface area contributed by atoms with Gasteiger partial charge in [0.25, 0.3) is 11.8 Å². The van der Waals surface area contributed by atoms with Crippen LogP contribution in [-0.4, -0.2) is 37.3 Å². The summed E-state index contributed by atoms with van der Waals surface area (Å²) in [7, 11) is 3.02. The first-order valence-electron chi connectivity index (χ1n) is 10.8. The molecule has 0 aromatic heterocycles. The van der Waals surface area contributed by atoms with Crippen molar-refractivity contribution in [2.45, 2.75) is 13.0 Å². The molecular formula is C25H22Cl2N2O5. The third-order valence-electron chi connectivity index (χ3n) is 6.64. The van der Waals surface area contributed by atoms with E-state index in [1.165, 1.54) is 20.4 Å². The van der Waals surface area contributed by atoms with Gasteiger partial charge in [0, 0.05) is 21.2 Å². The first kappa shape index (κ1) is 22.7. The number of hydrazone groups is 1. The maximum absolute atomic E-state index is 12.8. The van der Waals surface area contributed by atoms with Crippen molar-refractivity contribution in [3.63, 3.8) is 0 Å². The second kappa shape index (κ2) is 8.96. The van der Waals surface area contributed by atoms with E-state index >= 15 is 0 Å². The SMILES string of the molecule is COc1cc(C=NN2C(=O)[C@@H]3[C@H](C2=O)[C@H]2C=C[C@H]3C2)cc(OC)c1OCc1ccc(Cl)cc1Cl. The molecule has 2 amide bonds. The number of hydrogen-bond donors (Lipinski definition) is 0. The number of allylic oxidation sites excluding steroid dienone is 2. The number of rotatable bonds is 7. The van der Waals surface area contributed by atoms with Crippen molar-refractivity contribution in [2.24, 2.45) is 28.8 Å². The van der Waals surface area contributed by atoms with Gasteiger partial charge in [-0.25, -0.2) is 0 Å². The van der Waals surface area contributed by atoms with Gasteiger partial charge < -0.3 is 14.2 Å². The van der Waals surface area contributed by atoms with Crippen molar-refractivity contribution in [1.29, 1.82) is 0 Å². The molecule has 0 N–H and O–H groups in total. The Morgan fingerprint density at radius 3 is 2.18 bits per heavy atom. The summed E-state index contributed by atoms with van der Waals surface area (Å²) in [5.41, 5.74) is 1.34. The van der Waals surface area contributed by atoms with Crippen LogP contribution in [0.25, 0.3) is 0 Å². The van der Waals surface area contributed by atoms with Crippen molar-refractivity contribution in [3.8, 4) is 17.2 Å². The van der Waals surface area contributed by atoms with Crippen LogP contribution in [0.5, 0.6) is 17.2 Å². The molecule has 0 unspecified atom stereocenters. The number of hydrogen-bond acceptors (Lipinski definition) is 6. The zero-order valence-corrected chi connectivity index (χ0v) is 20.0. The molecule has 0 spiro atoms. The first-order valence-corrected chi connectivity index (χ1v) is 11.6. The second-order valence-corrected chi connectivity index (χ2v) is 9.36. The lowest BCUT2D eigenvalue weighted by molar-refractivity contribution is -0.140. The first-order chi connectivity index (χ1) is 16.4. The Morgan fingerprint density at radius 1 is 1.00 bits per heavy atom. The summed E-state index contributed by atoms with van der Waals surface area (Å²) in [6, 6.07) is 8.55. The van der Waals surface area contributed by atoms with Gasteiger partial charge in [-0.05, 0) is 42.5 Å². The largest absolute Gasteiger partial charge is 0.493 e.